The maximum atomic E-state index is 11.3. The maximum Gasteiger partial charge on any atom is 0.261 e. The first kappa shape index (κ1) is 9.74. The number of halogens is 1. The van der Waals surface area contributed by atoms with Gasteiger partial charge in [-0.25, -0.2) is 0 Å². The first-order chi connectivity index (χ1) is 5.74. The Hall–Kier alpha value is -0.350. The minimum Gasteiger partial charge on any atom is -0.351 e. The van der Waals surface area contributed by atoms with Crippen molar-refractivity contribution in [3.63, 3.8) is 0 Å². The van der Waals surface area contributed by atoms with Crippen LogP contribution in [-0.2, 0) is 0 Å². The number of nitrogens with one attached hydrogen (secondary N) is 1. The van der Waals surface area contributed by atoms with Crippen LogP contribution in [-0.4, -0.2) is 12.5 Å². The summed E-state index contributed by atoms with van der Waals surface area (Å²) in [5, 5.41) is 4.72. The third kappa shape index (κ3) is 2.60. The van der Waals surface area contributed by atoms with Crippen molar-refractivity contribution in [3.05, 3.63) is 20.8 Å². The largest absolute Gasteiger partial charge is 0.351 e. The van der Waals surface area contributed by atoms with Gasteiger partial charge in [-0.2, -0.15) is 0 Å². The van der Waals surface area contributed by atoms with Gasteiger partial charge >= 0.3 is 0 Å². The van der Waals surface area contributed by atoms with Crippen LogP contribution in [0.1, 0.15) is 23.0 Å². The molecule has 1 aromatic rings. The summed E-state index contributed by atoms with van der Waals surface area (Å²) < 4.78 is 0.967. The van der Waals surface area contributed by atoms with E-state index in [1.54, 1.807) is 0 Å². The molecule has 66 valence electrons. The van der Waals surface area contributed by atoms with Gasteiger partial charge in [0.1, 0.15) is 0 Å². The lowest BCUT2D eigenvalue weighted by Gasteiger charge is -1.98. The van der Waals surface area contributed by atoms with Gasteiger partial charge < -0.3 is 5.32 Å². The Labute approximate surface area is 84.1 Å². The molecule has 0 aliphatic carbocycles. The Morgan fingerprint density at radius 1 is 1.75 bits per heavy atom. The molecule has 0 aliphatic rings. The number of hydrogen-bond donors (Lipinski definition) is 1. The molecule has 0 aliphatic heterocycles. The zero-order valence-electron chi connectivity index (χ0n) is 6.76. The van der Waals surface area contributed by atoms with Gasteiger partial charge in [-0.3, -0.25) is 4.79 Å². The van der Waals surface area contributed by atoms with Crippen molar-refractivity contribution >= 4 is 33.2 Å². The van der Waals surface area contributed by atoms with E-state index >= 15 is 0 Å². The van der Waals surface area contributed by atoms with Crippen molar-refractivity contribution in [3.8, 4) is 0 Å². The number of carbonyl (C=O) groups is 1. The molecule has 0 saturated carbocycles. The molecule has 0 saturated heterocycles. The van der Waals surface area contributed by atoms with E-state index in [0.29, 0.717) is 0 Å². The average molecular weight is 248 g/mol. The highest BCUT2D eigenvalue weighted by Gasteiger charge is 2.06. The Kier molecular flexibility index (Phi) is 3.75. The highest BCUT2D eigenvalue weighted by molar-refractivity contribution is 9.10. The summed E-state index contributed by atoms with van der Waals surface area (Å²) in [5.41, 5.74) is 0. The molecule has 1 amide bonds. The summed E-state index contributed by atoms with van der Waals surface area (Å²) in [6.07, 6.45) is 0.971. The molecule has 4 heteroatoms. The summed E-state index contributed by atoms with van der Waals surface area (Å²) in [7, 11) is 0. The molecule has 1 heterocycles. The second-order valence-corrected chi connectivity index (χ2v) is 4.21. The van der Waals surface area contributed by atoms with Gasteiger partial charge in [0.25, 0.3) is 5.91 Å². The lowest BCUT2D eigenvalue weighted by Crippen LogP contribution is -2.22. The van der Waals surface area contributed by atoms with Crippen LogP contribution in [0.2, 0.25) is 0 Å². The van der Waals surface area contributed by atoms with Crippen molar-refractivity contribution in [2.45, 2.75) is 13.3 Å². The molecule has 0 atom stereocenters. The van der Waals surface area contributed by atoms with E-state index in [1.807, 2.05) is 18.4 Å². The third-order valence-electron chi connectivity index (χ3n) is 1.33. The number of carbonyl (C=O) groups excluding carboxylic acids is 1. The van der Waals surface area contributed by atoms with E-state index in [9.17, 15) is 4.79 Å². The van der Waals surface area contributed by atoms with E-state index in [4.69, 9.17) is 0 Å². The predicted molar refractivity (Wildman–Crippen MR) is 54.6 cm³/mol. The molecule has 0 fully saturated rings. The van der Waals surface area contributed by atoms with Crippen molar-refractivity contribution < 1.29 is 4.79 Å². The Bertz CT molecular complexity index is 272. The van der Waals surface area contributed by atoms with E-state index in [-0.39, 0.29) is 5.91 Å². The van der Waals surface area contributed by atoms with Gasteiger partial charge in [-0.05, 0) is 28.4 Å². The molecule has 1 aromatic heterocycles. The molecular formula is C8H10BrNOS. The minimum absolute atomic E-state index is 0.0209. The summed E-state index contributed by atoms with van der Waals surface area (Å²) in [6.45, 7) is 2.78. The highest BCUT2D eigenvalue weighted by atomic mass is 79.9. The van der Waals surface area contributed by atoms with E-state index in [1.165, 1.54) is 11.3 Å². The van der Waals surface area contributed by atoms with E-state index in [2.05, 4.69) is 21.2 Å². The zero-order chi connectivity index (χ0) is 8.97. The Balaban J connectivity index is 2.53. The molecule has 1 rings (SSSR count). The molecule has 0 spiro atoms. The number of amides is 1. The van der Waals surface area contributed by atoms with Crippen LogP contribution in [0.5, 0.6) is 0 Å². The Morgan fingerprint density at radius 3 is 3.00 bits per heavy atom. The SMILES string of the molecule is CCCNC(=O)c1cc(Br)cs1. The van der Waals surface area contributed by atoms with Crippen molar-refractivity contribution in [2.75, 3.05) is 6.54 Å². The van der Waals surface area contributed by atoms with Crippen LogP contribution in [0.3, 0.4) is 0 Å². The van der Waals surface area contributed by atoms with Gasteiger partial charge in [0.15, 0.2) is 0 Å². The predicted octanol–water partition coefficient (Wildman–Crippen LogP) is 2.65. The van der Waals surface area contributed by atoms with Crippen LogP contribution in [0.25, 0.3) is 0 Å². The van der Waals surface area contributed by atoms with Crippen LogP contribution in [0.4, 0.5) is 0 Å². The topological polar surface area (TPSA) is 29.1 Å². The monoisotopic (exact) mass is 247 g/mol. The normalized spacial score (nSPS) is 9.83. The van der Waals surface area contributed by atoms with Gasteiger partial charge in [0.05, 0.1) is 4.88 Å². The number of thiophene rings is 1. The fraction of sp³-hybridized carbons (Fsp3) is 0.375. The molecule has 0 aromatic carbocycles. The summed E-state index contributed by atoms with van der Waals surface area (Å²) in [4.78, 5) is 12.1. The van der Waals surface area contributed by atoms with Crippen LogP contribution in [0.15, 0.2) is 15.9 Å². The molecule has 0 radical (unpaired) electrons. The standard InChI is InChI=1S/C8H10BrNOS/c1-2-3-10-8(11)7-4-6(9)5-12-7/h4-5H,2-3H2,1H3,(H,10,11). The van der Waals surface area contributed by atoms with Crippen molar-refractivity contribution in [1.82, 2.24) is 5.32 Å². The quantitative estimate of drug-likeness (QED) is 0.875. The minimum atomic E-state index is 0.0209. The molecule has 2 nitrogen and oxygen atoms in total. The summed E-state index contributed by atoms with van der Waals surface area (Å²) in [6, 6.07) is 1.83. The van der Waals surface area contributed by atoms with Crippen LogP contribution >= 0.6 is 27.3 Å². The van der Waals surface area contributed by atoms with Crippen LogP contribution in [0, 0.1) is 0 Å². The smallest absolute Gasteiger partial charge is 0.261 e. The fourth-order valence-corrected chi connectivity index (χ4v) is 2.10. The third-order valence-corrected chi connectivity index (χ3v) is 3.02. The number of rotatable bonds is 3. The van der Waals surface area contributed by atoms with Crippen molar-refractivity contribution in [2.24, 2.45) is 0 Å². The molecule has 1 N–H and O–H groups in total. The molecular weight excluding hydrogens is 238 g/mol. The first-order valence-electron chi connectivity index (χ1n) is 3.76. The molecule has 0 unspecified atom stereocenters. The van der Waals surface area contributed by atoms with Crippen molar-refractivity contribution in [1.29, 1.82) is 0 Å². The Morgan fingerprint density at radius 2 is 2.50 bits per heavy atom. The second-order valence-electron chi connectivity index (χ2n) is 2.39. The highest BCUT2D eigenvalue weighted by Crippen LogP contribution is 2.19. The average Bonchev–Trinajstić information content (AvgIpc) is 2.47. The van der Waals surface area contributed by atoms with Gasteiger partial charge in [-0.1, -0.05) is 6.92 Å². The summed E-state index contributed by atoms with van der Waals surface area (Å²) >= 11 is 4.75. The fourth-order valence-electron chi connectivity index (χ4n) is 0.758. The summed E-state index contributed by atoms with van der Waals surface area (Å²) in [5.74, 6) is 0.0209. The van der Waals surface area contributed by atoms with E-state index < -0.39 is 0 Å². The number of hydrogen-bond acceptors (Lipinski definition) is 2. The van der Waals surface area contributed by atoms with E-state index in [0.717, 1.165) is 22.3 Å². The maximum absolute atomic E-state index is 11.3. The van der Waals surface area contributed by atoms with Gasteiger partial charge in [-0.15, -0.1) is 11.3 Å². The molecule has 12 heavy (non-hydrogen) atoms. The first-order valence-corrected chi connectivity index (χ1v) is 5.43. The lowest BCUT2D eigenvalue weighted by atomic mass is 10.4. The van der Waals surface area contributed by atoms with Gasteiger partial charge in [0.2, 0.25) is 0 Å². The van der Waals surface area contributed by atoms with Gasteiger partial charge in [0, 0.05) is 16.4 Å². The van der Waals surface area contributed by atoms with Crippen LogP contribution < -0.4 is 5.32 Å². The second kappa shape index (κ2) is 4.62. The lowest BCUT2D eigenvalue weighted by molar-refractivity contribution is 0.0957. The zero-order valence-corrected chi connectivity index (χ0v) is 9.17. The molecule has 0 bridgehead atoms.